The molecular formula is C33H54N3O7+. The van der Waals surface area contributed by atoms with Crippen LogP contribution < -0.4 is 11.1 Å². The number of aliphatic hydroxyl groups excluding tert-OH is 1. The Balaban J connectivity index is 1.39. The minimum absolute atomic E-state index is 0.0461. The van der Waals surface area contributed by atoms with E-state index in [1.54, 1.807) is 13.0 Å². The van der Waals surface area contributed by atoms with Gasteiger partial charge in [-0.3, -0.25) is 15.3 Å². The molecule has 242 valence electrons. The number of nitrogens with zero attached hydrogens (tertiary/aromatic N) is 1. The quantitative estimate of drug-likeness (QED) is 0.254. The highest BCUT2D eigenvalue weighted by molar-refractivity contribution is 5.88. The van der Waals surface area contributed by atoms with E-state index in [0.717, 1.165) is 51.7 Å². The van der Waals surface area contributed by atoms with Crippen LogP contribution in [-0.2, 0) is 28.6 Å². The first-order valence-corrected chi connectivity index (χ1v) is 16.7. The van der Waals surface area contributed by atoms with E-state index in [9.17, 15) is 19.5 Å². The number of esters is 2. The van der Waals surface area contributed by atoms with Crippen LogP contribution in [0.5, 0.6) is 0 Å². The van der Waals surface area contributed by atoms with Crippen molar-refractivity contribution in [2.75, 3.05) is 26.2 Å². The Kier molecular flexibility index (Phi) is 9.90. The summed E-state index contributed by atoms with van der Waals surface area (Å²) < 4.78 is 19.4. The molecule has 4 saturated heterocycles. The van der Waals surface area contributed by atoms with E-state index in [2.05, 4.69) is 5.32 Å². The third-order valence-electron chi connectivity index (χ3n) is 11.4. The van der Waals surface area contributed by atoms with E-state index in [-0.39, 0.29) is 72.4 Å². The number of ether oxygens (including phenoxy) is 3. The van der Waals surface area contributed by atoms with Gasteiger partial charge in [-0.15, -0.1) is 0 Å². The summed E-state index contributed by atoms with van der Waals surface area (Å²) in [5.41, 5.74) is 5.34. The maximum Gasteiger partial charge on any atom is 0.334 e. The lowest BCUT2D eigenvalue weighted by Gasteiger charge is -2.47. The molecule has 5 N–H and O–H groups in total. The highest BCUT2D eigenvalue weighted by atomic mass is 16.6. The third kappa shape index (κ3) is 6.82. The van der Waals surface area contributed by atoms with Gasteiger partial charge in [-0.25, -0.2) is 4.79 Å². The number of carbonyl (C=O) groups is 3. The second kappa shape index (κ2) is 13.2. The van der Waals surface area contributed by atoms with Crippen molar-refractivity contribution in [3.8, 4) is 0 Å². The van der Waals surface area contributed by atoms with Crippen molar-refractivity contribution in [1.29, 1.82) is 0 Å². The predicted octanol–water partition coefficient (Wildman–Crippen LogP) is 2.03. The van der Waals surface area contributed by atoms with Crippen LogP contribution in [0, 0.1) is 29.6 Å². The molecule has 0 aromatic heterocycles. The molecule has 1 saturated carbocycles. The van der Waals surface area contributed by atoms with Crippen molar-refractivity contribution in [3.63, 3.8) is 0 Å². The number of quaternary nitrogens is 1. The number of nitrogens with two attached hydrogens (primary N) is 2. The normalized spacial score (nSPS) is 38.0. The minimum Gasteiger partial charge on any atom is -0.462 e. The van der Waals surface area contributed by atoms with Gasteiger partial charge in [-0.05, 0) is 90.4 Å². The van der Waals surface area contributed by atoms with Crippen LogP contribution >= 0.6 is 0 Å². The van der Waals surface area contributed by atoms with Crippen LogP contribution in [0.1, 0.15) is 91.9 Å². The monoisotopic (exact) mass is 604 g/mol. The Morgan fingerprint density at radius 2 is 1.93 bits per heavy atom. The third-order valence-corrected chi connectivity index (χ3v) is 11.4. The zero-order valence-electron chi connectivity index (χ0n) is 26.6. The summed E-state index contributed by atoms with van der Waals surface area (Å²) in [6.45, 7) is 10.1. The first-order chi connectivity index (χ1) is 20.4. The van der Waals surface area contributed by atoms with Gasteiger partial charge in [0.2, 0.25) is 5.91 Å². The highest BCUT2D eigenvalue weighted by Crippen LogP contribution is 2.55. The van der Waals surface area contributed by atoms with Gasteiger partial charge in [0.15, 0.2) is 0 Å². The fourth-order valence-corrected chi connectivity index (χ4v) is 8.41. The van der Waals surface area contributed by atoms with Gasteiger partial charge < -0.3 is 29.5 Å². The second-order valence-corrected chi connectivity index (χ2v) is 14.5. The standard InChI is InChI=1S/C33H53N3O7/c1-5-20(2)30(39)43-32(3,4)33(17-23-14-28(34)35-19-25(23)15-29(38)36-9-7-10-36)18-24-13-22-12-21(8-6-11-37)31(40)41-26(22)16-27(24)42-33/h5,21-28,35,37H,6-19,34H2,1-4H3/p+1. The van der Waals surface area contributed by atoms with Crippen LogP contribution in [0.4, 0.5) is 0 Å². The maximum absolute atomic E-state index is 13.1. The van der Waals surface area contributed by atoms with Crippen LogP contribution in [0.2, 0.25) is 0 Å². The van der Waals surface area contributed by atoms with Crippen LogP contribution in [0.15, 0.2) is 11.6 Å². The molecule has 9 unspecified atom stereocenters. The van der Waals surface area contributed by atoms with Crippen LogP contribution in [-0.4, -0.2) is 83.7 Å². The summed E-state index contributed by atoms with van der Waals surface area (Å²) in [7, 11) is 0. The van der Waals surface area contributed by atoms with E-state index in [4.69, 9.17) is 19.9 Å². The molecule has 4 aliphatic heterocycles. The summed E-state index contributed by atoms with van der Waals surface area (Å²) in [5.74, 6) is 0.372. The Labute approximate surface area is 256 Å². The minimum atomic E-state index is -0.936. The lowest BCUT2D eigenvalue weighted by atomic mass is 9.66. The molecule has 10 nitrogen and oxygen atoms in total. The number of likely N-dealkylation sites (tertiary alicyclic amines) is 1. The Bertz CT molecular complexity index is 1070. The smallest absolute Gasteiger partial charge is 0.334 e. The summed E-state index contributed by atoms with van der Waals surface area (Å²) in [5, 5.41) is 11.5. The van der Waals surface area contributed by atoms with Crippen molar-refractivity contribution in [2.45, 2.75) is 121 Å². The average Bonchev–Trinajstić information content (AvgIpc) is 3.29. The SMILES string of the molecule is CC=C(C)C(=O)OC(C)(C)C1(CC2CC(N)[NH2+]CC2CC(=O)N2CCC2)CC2CC3CC(CCCO)C(=O)OC3CC2O1. The lowest BCUT2D eigenvalue weighted by Crippen LogP contribution is -2.96. The van der Waals surface area contributed by atoms with Crippen LogP contribution in [0.25, 0.3) is 0 Å². The van der Waals surface area contributed by atoms with Gasteiger partial charge in [-0.1, -0.05) is 6.08 Å². The molecule has 0 aromatic carbocycles. The van der Waals surface area contributed by atoms with Gasteiger partial charge >= 0.3 is 11.9 Å². The molecule has 10 heteroatoms. The molecule has 4 heterocycles. The van der Waals surface area contributed by atoms with E-state index < -0.39 is 11.2 Å². The van der Waals surface area contributed by atoms with Gasteiger partial charge in [-0.2, -0.15) is 0 Å². The number of fused-ring (bicyclic) bond motifs is 2. The fourth-order valence-electron chi connectivity index (χ4n) is 8.41. The molecule has 0 bridgehead atoms. The van der Waals surface area contributed by atoms with Gasteiger partial charge in [0, 0.05) is 50.4 Å². The summed E-state index contributed by atoms with van der Waals surface area (Å²) in [6.07, 6.45) is 8.75. The molecule has 5 aliphatic rings. The second-order valence-electron chi connectivity index (χ2n) is 14.5. The molecule has 1 aliphatic carbocycles. The topological polar surface area (TPSA) is 145 Å². The molecule has 9 atom stereocenters. The van der Waals surface area contributed by atoms with Crippen LogP contribution in [0.3, 0.4) is 0 Å². The molecular weight excluding hydrogens is 550 g/mol. The number of allylic oxidation sites excluding steroid dienone is 1. The number of rotatable bonds is 10. The van der Waals surface area contributed by atoms with Gasteiger partial charge in [0.05, 0.1) is 18.6 Å². The molecule has 43 heavy (non-hydrogen) atoms. The highest BCUT2D eigenvalue weighted by Gasteiger charge is 2.61. The fraction of sp³-hybridized carbons (Fsp3) is 0.848. The van der Waals surface area contributed by atoms with E-state index >= 15 is 0 Å². The zero-order chi connectivity index (χ0) is 30.9. The Hall–Kier alpha value is -2.01. The van der Waals surface area contributed by atoms with Crippen molar-refractivity contribution in [2.24, 2.45) is 35.3 Å². The number of aliphatic hydroxyl groups is 1. The van der Waals surface area contributed by atoms with Gasteiger partial charge in [0.25, 0.3) is 0 Å². The molecule has 0 spiro atoms. The Morgan fingerprint density at radius 3 is 2.60 bits per heavy atom. The van der Waals surface area contributed by atoms with Crippen molar-refractivity contribution >= 4 is 17.8 Å². The molecule has 1 amide bonds. The van der Waals surface area contributed by atoms with Crippen molar-refractivity contribution in [3.05, 3.63) is 11.6 Å². The largest absolute Gasteiger partial charge is 0.462 e. The lowest BCUT2D eigenvalue weighted by molar-refractivity contribution is -0.706. The molecule has 0 aromatic rings. The number of amides is 1. The first kappa shape index (κ1) is 32.4. The average molecular weight is 605 g/mol. The molecule has 0 radical (unpaired) electrons. The van der Waals surface area contributed by atoms with E-state index in [1.165, 1.54) is 0 Å². The number of piperidine rings is 1. The number of hydrogen-bond acceptors (Lipinski definition) is 8. The number of hydrogen-bond donors (Lipinski definition) is 3. The Morgan fingerprint density at radius 1 is 1.16 bits per heavy atom. The molecule has 5 fully saturated rings. The zero-order valence-corrected chi connectivity index (χ0v) is 26.6. The number of carbonyl (C=O) groups excluding carboxylic acids is 3. The van der Waals surface area contributed by atoms with Crippen molar-refractivity contribution < 1.29 is 39.0 Å². The van der Waals surface area contributed by atoms with Gasteiger partial charge in [0.1, 0.15) is 23.5 Å². The van der Waals surface area contributed by atoms with E-state index in [1.807, 2.05) is 25.7 Å². The molecule has 5 rings (SSSR count). The maximum atomic E-state index is 13.1. The van der Waals surface area contributed by atoms with Crippen molar-refractivity contribution in [1.82, 2.24) is 4.90 Å². The van der Waals surface area contributed by atoms with E-state index in [0.29, 0.717) is 37.7 Å². The first-order valence-electron chi connectivity index (χ1n) is 16.7. The summed E-state index contributed by atoms with van der Waals surface area (Å²) in [6, 6.07) is 0. The predicted molar refractivity (Wildman–Crippen MR) is 159 cm³/mol. The summed E-state index contributed by atoms with van der Waals surface area (Å²) >= 11 is 0. The summed E-state index contributed by atoms with van der Waals surface area (Å²) in [4.78, 5) is 40.9.